The average molecular weight is 224 g/mol. The third-order valence-corrected chi connectivity index (χ3v) is 3.81. The number of nitrogens with zero attached hydrogens (tertiary/aromatic N) is 1. The van der Waals surface area contributed by atoms with Gasteiger partial charge < -0.3 is 16.0 Å². The molecule has 4 heteroatoms. The third-order valence-electron chi connectivity index (χ3n) is 3.81. The molecule has 0 aromatic heterocycles. The van der Waals surface area contributed by atoms with Crippen LogP contribution in [0, 0.1) is 12.3 Å². The fourth-order valence-electron chi connectivity index (χ4n) is 2.91. The van der Waals surface area contributed by atoms with E-state index in [-0.39, 0.29) is 12.5 Å². The minimum absolute atomic E-state index is 0.122. The van der Waals surface area contributed by atoms with Crippen molar-refractivity contribution >= 4 is 5.91 Å². The zero-order valence-electron chi connectivity index (χ0n) is 9.82. The van der Waals surface area contributed by atoms with Crippen molar-refractivity contribution in [1.29, 1.82) is 0 Å². The summed E-state index contributed by atoms with van der Waals surface area (Å²) in [6.45, 7) is 3.20. The zero-order chi connectivity index (χ0) is 11.4. The van der Waals surface area contributed by atoms with Gasteiger partial charge in [0, 0.05) is 12.6 Å². The summed E-state index contributed by atoms with van der Waals surface area (Å²) < 4.78 is 0. The number of hydrogen-bond acceptors (Lipinski definition) is 3. The first-order chi connectivity index (χ1) is 7.83. The molecule has 0 spiro atoms. The Balaban J connectivity index is 2.00. The Labute approximate surface area is 97.6 Å². The van der Waals surface area contributed by atoms with E-state index in [4.69, 9.17) is 5.73 Å². The van der Waals surface area contributed by atoms with Crippen LogP contribution < -0.4 is 11.1 Å². The van der Waals surface area contributed by atoms with Gasteiger partial charge in [0.15, 0.2) is 0 Å². The zero-order valence-corrected chi connectivity index (χ0v) is 9.82. The minimum Gasteiger partial charge on any atom is -0.338 e. The second kappa shape index (κ2) is 5.64. The van der Waals surface area contributed by atoms with Crippen molar-refractivity contribution in [2.75, 3.05) is 26.2 Å². The lowest BCUT2D eigenvalue weighted by molar-refractivity contribution is -0.134. The number of carbonyl (C=O) groups is 1. The van der Waals surface area contributed by atoms with Crippen LogP contribution in [0.2, 0.25) is 0 Å². The van der Waals surface area contributed by atoms with Gasteiger partial charge in [-0.1, -0.05) is 0 Å². The van der Waals surface area contributed by atoms with Crippen LogP contribution in [0.15, 0.2) is 0 Å². The first kappa shape index (κ1) is 11.9. The number of amides is 1. The third kappa shape index (κ3) is 2.55. The fourth-order valence-corrected chi connectivity index (χ4v) is 2.91. The van der Waals surface area contributed by atoms with Crippen molar-refractivity contribution < 1.29 is 4.79 Å². The SMILES string of the molecule is NCC(=O)N1CC[CH]CC1C1CCNCC1. The Morgan fingerprint density at radius 2 is 2.19 bits per heavy atom. The van der Waals surface area contributed by atoms with Gasteiger partial charge >= 0.3 is 0 Å². The minimum atomic E-state index is 0.122. The monoisotopic (exact) mass is 224 g/mol. The molecule has 2 aliphatic heterocycles. The molecule has 2 fully saturated rings. The van der Waals surface area contributed by atoms with Crippen molar-refractivity contribution in [1.82, 2.24) is 10.2 Å². The number of hydrogen-bond donors (Lipinski definition) is 2. The molecule has 2 saturated heterocycles. The van der Waals surface area contributed by atoms with Crippen molar-refractivity contribution in [2.45, 2.75) is 31.7 Å². The van der Waals surface area contributed by atoms with Crippen LogP contribution in [0.3, 0.4) is 0 Å². The second-order valence-electron chi connectivity index (χ2n) is 4.76. The molecule has 0 aromatic carbocycles. The molecule has 0 saturated carbocycles. The van der Waals surface area contributed by atoms with E-state index in [1.54, 1.807) is 0 Å². The van der Waals surface area contributed by atoms with E-state index in [9.17, 15) is 4.79 Å². The van der Waals surface area contributed by atoms with Crippen LogP contribution in [0.4, 0.5) is 0 Å². The lowest BCUT2D eigenvalue weighted by Crippen LogP contribution is -2.51. The molecular formula is C12H22N3O. The van der Waals surface area contributed by atoms with Crippen molar-refractivity contribution in [3.05, 3.63) is 6.42 Å². The molecule has 2 heterocycles. The van der Waals surface area contributed by atoms with E-state index in [2.05, 4.69) is 11.7 Å². The number of piperidine rings is 2. The van der Waals surface area contributed by atoms with Gasteiger partial charge in [-0.3, -0.25) is 4.79 Å². The fraction of sp³-hybridized carbons (Fsp3) is 0.833. The number of nitrogens with one attached hydrogen (secondary N) is 1. The maximum atomic E-state index is 11.8. The molecule has 0 aliphatic carbocycles. The van der Waals surface area contributed by atoms with Gasteiger partial charge in [0.2, 0.25) is 5.91 Å². The Bertz CT molecular complexity index is 238. The highest BCUT2D eigenvalue weighted by atomic mass is 16.2. The van der Waals surface area contributed by atoms with E-state index in [0.717, 1.165) is 32.5 Å². The lowest BCUT2D eigenvalue weighted by atomic mass is 9.84. The maximum Gasteiger partial charge on any atom is 0.236 e. The molecule has 2 rings (SSSR count). The van der Waals surface area contributed by atoms with Crippen LogP contribution in [0.25, 0.3) is 0 Å². The van der Waals surface area contributed by atoms with Crippen molar-refractivity contribution in [2.24, 2.45) is 11.7 Å². The summed E-state index contributed by atoms with van der Waals surface area (Å²) in [5.74, 6) is 0.782. The molecule has 1 atom stereocenters. The van der Waals surface area contributed by atoms with Crippen LogP contribution in [-0.2, 0) is 4.79 Å². The van der Waals surface area contributed by atoms with E-state index in [1.165, 1.54) is 12.8 Å². The normalized spacial score (nSPS) is 28.1. The Morgan fingerprint density at radius 1 is 1.44 bits per heavy atom. The lowest BCUT2D eigenvalue weighted by Gasteiger charge is -2.41. The second-order valence-corrected chi connectivity index (χ2v) is 4.76. The Morgan fingerprint density at radius 3 is 2.88 bits per heavy atom. The number of carbonyl (C=O) groups excluding carboxylic acids is 1. The topological polar surface area (TPSA) is 58.4 Å². The Kier molecular flexibility index (Phi) is 4.18. The van der Waals surface area contributed by atoms with Crippen molar-refractivity contribution in [3.63, 3.8) is 0 Å². The summed E-state index contributed by atoms with van der Waals surface area (Å²) in [6.07, 6.45) is 6.77. The average Bonchev–Trinajstić information content (AvgIpc) is 2.39. The summed E-state index contributed by atoms with van der Waals surface area (Å²) in [5, 5.41) is 3.37. The molecule has 0 aromatic rings. The Hall–Kier alpha value is -0.610. The number of likely N-dealkylation sites (tertiary alicyclic amines) is 1. The summed E-state index contributed by atoms with van der Waals surface area (Å²) in [7, 11) is 0. The number of nitrogens with two attached hydrogens (primary N) is 1. The van der Waals surface area contributed by atoms with E-state index in [0.29, 0.717) is 12.0 Å². The predicted molar refractivity (Wildman–Crippen MR) is 63.7 cm³/mol. The summed E-state index contributed by atoms with van der Waals surface area (Å²) in [6, 6.07) is 0.409. The molecule has 4 nitrogen and oxygen atoms in total. The van der Waals surface area contributed by atoms with Gasteiger partial charge in [0.25, 0.3) is 0 Å². The predicted octanol–water partition coefficient (Wildman–Crippen LogP) is 0.140. The first-order valence-electron chi connectivity index (χ1n) is 6.35. The van der Waals surface area contributed by atoms with Gasteiger partial charge in [0.1, 0.15) is 0 Å². The van der Waals surface area contributed by atoms with Crippen LogP contribution in [0.5, 0.6) is 0 Å². The van der Waals surface area contributed by atoms with E-state index < -0.39 is 0 Å². The van der Waals surface area contributed by atoms with Gasteiger partial charge in [-0.25, -0.2) is 0 Å². The first-order valence-corrected chi connectivity index (χ1v) is 6.35. The number of rotatable bonds is 2. The smallest absolute Gasteiger partial charge is 0.236 e. The highest BCUT2D eigenvalue weighted by Crippen LogP contribution is 2.28. The van der Waals surface area contributed by atoms with Gasteiger partial charge in [-0.05, 0) is 51.1 Å². The van der Waals surface area contributed by atoms with Gasteiger partial charge in [-0.2, -0.15) is 0 Å². The molecule has 3 N–H and O–H groups in total. The molecule has 1 amide bonds. The van der Waals surface area contributed by atoms with Gasteiger partial charge in [0.05, 0.1) is 6.54 Å². The quantitative estimate of drug-likeness (QED) is 0.701. The molecule has 91 valence electrons. The molecular weight excluding hydrogens is 202 g/mol. The van der Waals surface area contributed by atoms with E-state index >= 15 is 0 Å². The highest BCUT2D eigenvalue weighted by Gasteiger charge is 2.32. The molecule has 2 aliphatic rings. The van der Waals surface area contributed by atoms with Crippen LogP contribution >= 0.6 is 0 Å². The molecule has 0 bridgehead atoms. The van der Waals surface area contributed by atoms with E-state index in [1.807, 2.05) is 4.90 Å². The van der Waals surface area contributed by atoms with Crippen LogP contribution in [-0.4, -0.2) is 43.0 Å². The summed E-state index contributed by atoms with van der Waals surface area (Å²) in [5.41, 5.74) is 5.48. The molecule has 16 heavy (non-hydrogen) atoms. The molecule has 1 radical (unpaired) electrons. The largest absolute Gasteiger partial charge is 0.338 e. The summed E-state index contributed by atoms with van der Waals surface area (Å²) in [4.78, 5) is 13.8. The summed E-state index contributed by atoms with van der Waals surface area (Å²) >= 11 is 0. The molecule has 1 unspecified atom stereocenters. The maximum absolute atomic E-state index is 11.8. The van der Waals surface area contributed by atoms with Crippen molar-refractivity contribution in [3.8, 4) is 0 Å². The van der Waals surface area contributed by atoms with Gasteiger partial charge in [-0.15, -0.1) is 0 Å². The standard InChI is InChI=1S/C12H22N3O/c13-9-12(16)15-8-2-1-3-11(15)10-4-6-14-7-5-10/h1,10-11,14H,2-9,13H2. The highest BCUT2D eigenvalue weighted by molar-refractivity contribution is 5.78. The van der Waals surface area contributed by atoms with Crippen LogP contribution in [0.1, 0.15) is 25.7 Å².